The highest BCUT2D eigenvalue weighted by Gasteiger charge is 2.28. The summed E-state index contributed by atoms with van der Waals surface area (Å²) in [7, 11) is 0. The van der Waals surface area contributed by atoms with Crippen LogP contribution in [0.3, 0.4) is 0 Å². The molecule has 0 radical (unpaired) electrons. The van der Waals surface area contributed by atoms with E-state index in [1.807, 2.05) is 30.3 Å². The summed E-state index contributed by atoms with van der Waals surface area (Å²) in [6.45, 7) is 0. The van der Waals surface area contributed by atoms with Gasteiger partial charge in [0.15, 0.2) is 0 Å². The van der Waals surface area contributed by atoms with Gasteiger partial charge in [-0.25, -0.2) is 0 Å². The van der Waals surface area contributed by atoms with E-state index in [4.69, 9.17) is 11.6 Å². The third-order valence-electron chi connectivity index (χ3n) is 2.36. The monoisotopic (exact) mass is 206 g/mol. The van der Waals surface area contributed by atoms with Crippen molar-refractivity contribution < 1.29 is 5.11 Å². The van der Waals surface area contributed by atoms with Crippen molar-refractivity contribution in [3.63, 3.8) is 0 Å². The topological polar surface area (TPSA) is 20.2 Å². The average Bonchev–Trinajstić information content (AvgIpc) is 2.19. The Morgan fingerprint density at radius 2 is 1.93 bits per heavy atom. The van der Waals surface area contributed by atoms with E-state index < -0.39 is 5.60 Å². The second-order valence-electron chi connectivity index (χ2n) is 3.44. The fourth-order valence-electron chi connectivity index (χ4n) is 1.61. The van der Waals surface area contributed by atoms with Crippen LogP contribution in [0.5, 0.6) is 0 Å². The highest BCUT2D eigenvalue weighted by molar-refractivity contribution is 6.29. The van der Waals surface area contributed by atoms with Gasteiger partial charge in [0.2, 0.25) is 0 Å². The standard InChI is InChI=1S/C12H11ClO/c13-11-7-4-8-12(14,9-11)10-5-2-1-3-6-10/h1-8,14H,9H2. The zero-order valence-electron chi connectivity index (χ0n) is 7.65. The summed E-state index contributed by atoms with van der Waals surface area (Å²) in [6.07, 6.45) is 5.82. The summed E-state index contributed by atoms with van der Waals surface area (Å²) < 4.78 is 0. The highest BCUT2D eigenvalue weighted by atomic mass is 35.5. The van der Waals surface area contributed by atoms with E-state index in [0.29, 0.717) is 11.5 Å². The summed E-state index contributed by atoms with van der Waals surface area (Å²) in [5, 5.41) is 11.0. The molecule has 1 nitrogen and oxygen atoms in total. The molecule has 0 fully saturated rings. The van der Waals surface area contributed by atoms with Gasteiger partial charge < -0.3 is 5.11 Å². The molecule has 0 saturated carbocycles. The first-order valence-electron chi connectivity index (χ1n) is 4.52. The van der Waals surface area contributed by atoms with Gasteiger partial charge in [-0.3, -0.25) is 0 Å². The molecule has 0 saturated heterocycles. The molecular weight excluding hydrogens is 196 g/mol. The molecule has 0 amide bonds. The lowest BCUT2D eigenvalue weighted by Gasteiger charge is -2.26. The number of aliphatic hydroxyl groups is 1. The van der Waals surface area contributed by atoms with Crippen molar-refractivity contribution in [2.75, 3.05) is 0 Å². The van der Waals surface area contributed by atoms with Crippen molar-refractivity contribution in [2.24, 2.45) is 0 Å². The van der Waals surface area contributed by atoms with Crippen LogP contribution in [0.2, 0.25) is 0 Å². The van der Waals surface area contributed by atoms with E-state index in [2.05, 4.69) is 0 Å². The van der Waals surface area contributed by atoms with Crippen LogP contribution in [-0.4, -0.2) is 5.11 Å². The van der Waals surface area contributed by atoms with Gasteiger partial charge in [-0.2, -0.15) is 0 Å². The lowest BCUT2D eigenvalue weighted by atomic mass is 9.87. The maximum Gasteiger partial charge on any atom is 0.113 e. The SMILES string of the molecule is OC1(c2ccccc2)C=CC=C(Cl)C1. The number of allylic oxidation sites excluding steroid dienone is 2. The molecule has 1 aliphatic carbocycles. The van der Waals surface area contributed by atoms with Crippen molar-refractivity contribution >= 4 is 11.6 Å². The molecular formula is C12H11ClO. The summed E-state index contributed by atoms with van der Waals surface area (Å²) in [4.78, 5) is 0. The molecule has 2 rings (SSSR count). The lowest BCUT2D eigenvalue weighted by Crippen LogP contribution is -2.24. The van der Waals surface area contributed by atoms with Crippen LogP contribution < -0.4 is 0 Å². The zero-order chi connectivity index (χ0) is 10.0. The molecule has 0 aromatic heterocycles. The predicted octanol–water partition coefficient (Wildman–Crippen LogP) is 2.96. The van der Waals surface area contributed by atoms with Crippen molar-refractivity contribution in [3.8, 4) is 0 Å². The van der Waals surface area contributed by atoms with Crippen LogP contribution >= 0.6 is 11.6 Å². The van der Waals surface area contributed by atoms with E-state index in [9.17, 15) is 5.11 Å². The molecule has 0 spiro atoms. The molecule has 0 bridgehead atoms. The van der Waals surface area contributed by atoms with Gasteiger partial charge in [0, 0.05) is 11.5 Å². The molecule has 72 valence electrons. The molecule has 1 atom stereocenters. The largest absolute Gasteiger partial charge is 0.381 e. The fourth-order valence-corrected chi connectivity index (χ4v) is 1.89. The Morgan fingerprint density at radius 3 is 2.57 bits per heavy atom. The van der Waals surface area contributed by atoms with Crippen LogP contribution in [0, 0.1) is 0 Å². The normalized spacial score (nSPS) is 26.0. The second kappa shape index (κ2) is 3.60. The van der Waals surface area contributed by atoms with Crippen molar-refractivity contribution in [1.29, 1.82) is 0 Å². The second-order valence-corrected chi connectivity index (χ2v) is 3.93. The number of hydrogen-bond acceptors (Lipinski definition) is 1. The van der Waals surface area contributed by atoms with Gasteiger partial charge in [-0.15, -0.1) is 0 Å². The Balaban J connectivity index is 2.35. The number of hydrogen-bond donors (Lipinski definition) is 1. The molecule has 2 heteroatoms. The Bertz CT molecular complexity index is 381. The smallest absolute Gasteiger partial charge is 0.113 e. The lowest BCUT2D eigenvalue weighted by molar-refractivity contribution is 0.0904. The maximum atomic E-state index is 10.3. The van der Waals surface area contributed by atoms with Crippen molar-refractivity contribution in [3.05, 3.63) is 59.2 Å². The summed E-state index contributed by atoms with van der Waals surface area (Å²) in [6, 6.07) is 9.55. The molecule has 1 unspecified atom stereocenters. The van der Waals surface area contributed by atoms with Crippen LogP contribution in [0.15, 0.2) is 53.6 Å². The number of rotatable bonds is 1. The fraction of sp³-hybridized carbons (Fsp3) is 0.167. The van der Waals surface area contributed by atoms with Crippen LogP contribution in [0.4, 0.5) is 0 Å². The van der Waals surface area contributed by atoms with E-state index in [0.717, 1.165) is 5.56 Å². The summed E-state index contributed by atoms with van der Waals surface area (Å²) in [5.41, 5.74) is -0.0601. The number of halogens is 1. The highest BCUT2D eigenvalue weighted by Crippen LogP contribution is 2.33. The maximum absolute atomic E-state index is 10.3. The molecule has 0 aliphatic heterocycles. The Kier molecular flexibility index (Phi) is 2.44. The molecule has 1 aromatic carbocycles. The molecule has 1 aliphatic rings. The Morgan fingerprint density at radius 1 is 1.21 bits per heavy atom. The van der Waals surface area contributed by atoms with Crippen molar-refractivity contribution in [2.45, 2.75) is 12.0 Å². The van der Waals surface area contributed by atoms with Gasteiger partial charge >= 0.3 is 0 Å². The quantitative estimate of drug-likeness (QED) is 0.749. The van der Waals surface area contributed by atoms with Gasteiger partial charge in [0.05, 0.1) is 0 Å². The minimum absolute atomic E-state index is 0.453. The van der Waals surface area contributed by atoms with E-state index in [1.165, 1.54) is 0 Å². The molecule has 14 heavy (non-hydrogen) atoms. The molecule has 1 aromatic rings. The van der Waals surface area contributed by atoms with Gasteiger partial charge in [0.25, 0.3) is 0 Å². The first-order valence-corrected chi connectivity index (χ1v) is 4.90. The van der Waals surface area contributed by atoms with Crippen LogP contribution in [-0.2, 0) is 5.60 Å². The minimum atomic E-state index is -0.937. The average molecular weight is 207 g/mol. The zero-order valence-corrected chi connectivity index (χ0v) is 8.41. The van der Waals surface area contributed by atoms with Crippen molar-refractivity contribution in [1.82, 2.24) is 0 Å². The van der Waals surface area contributed by atoms with E-state index >= 15 is 0 Å². The minimum Gasteiger partial charge on any atom is -0.381 e. The predicted molar refractivity (Wildman–Crippen MR) is 58.0 cm³/mol. The van der Waals surface area contributed by atoms with Crippen LogP contribution in [0.25, 0.3) is 0 Å². The van der Waals surface area contributed by atoms with E-state index in [1.54, 1.807) is 18.2 Å². The first kappa shape index (κ1) is 9.50. The van der Waals surface area contributed by atoms with E-state index in [-0.39, 0.29) is 0 Å². The molecule has 1 N–H and O–H groups in total. The van der Waals surface area contributed by atoms with Gasteiger partial charge in [0.1, 0.15) is 5.60 Å². The summed E-state index contributed by atoms with van der Waals surface area (Å²) in [5.74, 6) is 0. The summed E-state index contributed by atoms with van der Waals surface area (Å²) >= 11 is 5.90. The third kappa shape index (κ3) is 1.74. The van der Waals surface area contributed by atoms with Crippen LogP contribution in [0.1, 0.15) is 12.0 Å². The van der Waals surface area contributed by atoms with Gasteiger partial charge in [-0.1, -0.05) is 48.0 Å². The molecule has 0 heterocycles. The van der Waals surface area contributed by atoms with Gasteiger partial charge in [-0.05, 0) is 17.7 Å². The Hall–Kier alpha value is -1.05. The number of benzene rings is 1. The third-order valence-corrected chi connectivity index (χ3v) is 2.62. The first-order chi connectivity index (χ1) is 6.71. The Labute approximate surface area is 88.3 Å².